The fraction of sp³-hybridized carbons (Fsp3) is 0.562. The molecule has 1 fully saturated rings. The van der Waals surface area contributed by atoms with Gasteiger partial charge in [-0.05, 0) is 36.0 Å². The lowest BCUT2D eigenvalue weighted by Crippen LogP contribution is -2.49. The molecule has 2 N–H and O–H groups in total. The van der Waals surface area contributed by atoms with E-state index in [4.69, 9.17) is 5.11 Å². The van der Waals surface area contributed by atoms with Gasteiger partial charge < -0.3 is 15.3 Å². The molecule has 1 saturated heterocycles. The third-order valence-electron chi connectivity index (χ3n) is 4.11. The summed E-state index contributed by atoms with van der Waals surface area (Å²) in [6, 6.07) is 1.70. The Hall–Kier alpha value is -2.11. The molecule has 1 aromatic heterocycles. The number of nitrogens with zero attached hydrogens (tertiary/aromatic N) is 2. The summed E-state index contributed by atoms with van der Waals surface area (Å²) in [6.45, 7) is 5.35. The molecule has 6 nitrogen and oxygen atoms in total. The van der Waals surface area contributed by atoms with Crippen LogP contribution in [0.5, 0.6) is 0 Å². The predicted molar refractivity (Wildman–Crippen MR) is 82.3 cm³/mol. The first-order valence-electron chi connectivity index (χ1n) is 7.68. The van der Waals surface area contributed by atoms with Gasteiger partial charge in [-0.15, -0.1) is 0 Å². The first-order chi connectivity index (χ1) is 10.5. The molecule has 0 bridgehead atoms. The second-order valence-corrected chi connectivity index (χ2v) is 5.94. The van der Waals surface area contributed by atoms with Crippen LogP contribution >= 0.6 is 0 Å². The van der Waals surface area contributed by atoms with Crippen LogP contribution in [0.2, 0.25) is 0 Å². The lowest BCUT2D eigenvalue weighted by molar-refractivity contribution is -0.143. The highest BCUT2D eigenvalue weighted by molar-refractivity contribution is 5.76. The lowest BCUT2D eigenvalue weighted by Gasteiger charge is -2.34. The van der Waals surface area contributed by atoms with Gasteiger partial charge in [0, 0.05) is 32.0 Å². The summed E-state index contributed by atoms with van der Waals surface area (Å²) in [7, 11) is 0. The second kappa shape index (κ2) is 7.24. The average Bonchev–Trinajstić information content (AvgIpc) is 2.52. The SMILES string of the molecule is CCc1cnccc1CNC(=O)N1CC(C)CC(C(=O)O)C1. The molecule has 22 heavy (non-hydrogen) atoms. The molecule has 2 rings (SSSR count). The molecule has 2 unspecified atom stereocenters. The van der Waals surface area contributed by atoms with E-state index in [0.717, 1.165) is 17.5 Å². The number of nitrogens with one attached hydrogen (secondary N) is 1. The Morgan fingerprint density at radius 3 is 2.86 bits per heavy atom. The first kappa shape index (κ1) is 16.3. The molecule has 1 aliphatic heterocycles. The molecule has 0 radical (unpaired) electrons. The molecule has 0 spiro atoms. The number of pyridine rings is 1. The van der Waals surface area contributed by atoms with Gasteiger partial charge in [0.2, 0.25) is 0 Å². The van der Waals surface area contributed by atoms with Crippen LogP contribution in [-0.2, 0) is 17.8 Å². The van der Waals surface area contributed by atoms with E-state index < -0.39 is 11.9 Å². The molecule has 2 heterocycles. The van der Waals surface area contributed by atoms with E-state index in [2.05, 4.69) is 10.3 Å². The Morgan fingerprint density at radius 2 is 2.18 bits per heavy atom. The fourth-order valence-electron chi connectivity index (χ4n) is 2.93. The number of aryl methyl sites for hydroxylation is 1. The Kier molecular flexibility index (Phi) is 5.35. The van der Waals surface area contributed by atoms with E-state index in [9.17, 15) is 9.59 Å². The summed E-state index contributed by atoms with van der Waals surface area (Å²) >= 11 is 0. The molecule has 6 heteroatoms. The summed E-state index contributed by atoms with van der Waals surface area (Å²) in [5.74, 6) is -1.10. The average molecular weight is 305 g/mol. The quantitative estimate of drug-likeness (QED) is 0.890. The highest BCUT2D eigenvalue weighted by Crippen LogP contribution is 2.21. The van der Waals surface area contributed by atoms with Crippen molar-refractivity contribution in [3.05, 3.63) is 29.6 Å². The summed E-state index contributed by atoms with van der Waals surface area (Å²) in [4.78, 5) is 29.2. The number of carboxylic acids is 1. The van der Waals surface area contributed by atoms with Gasteiger partial charge in [-0.1, -0.05) is 13.8 Å². The second-order valence-electron chi connectivity index (χ2n) is 5.94. The zero-order valence-electron chi connectivity index (χ0n) is 13.1. The van der Waals surface area contributed by atoms with Crippen molar-refractivity contribution in [3.8, 4) is 0 Å². The summed E-state index contributed by atoms with van der Waals surface area (Å²) in [6.07, 6.45) is 5.01. The van der Waals surface area contributed by atoms with Crippen molar-refractivity contribution in [2.75, 3.05) is 13.1 Å². The van der Waals surface area contributed by atoms with Crippen LogP contribution in [0.4, 0.5) is 4.79 Å². The molecule has 2 amide bonds. The molecule has 0 aliphatic carbocycles. The number of carbonyl (C=O) groups is 2. The van der Waals surface area contributed by atoms with E-state index >= 15 is 0 Å². The van der Waals surface area contributed by atoms with Crippen LogP contribution in [0.25, 0.3) is 0 Å². The zero-order valence-corrected chi connectivity index (χ0v) is 13.1. The number of amides is 2. The maximum atomic E-state index is 12.3. The normalized spacial score (nSPS) is 21.5. The van der Waals surface area contributed by atoms with Crippen LogP contribution in [0.1, 0.15) is 31.4 Å². The van der Waals surface area contributed by atoms with Crippen molar-refractivity contribution >= 4 is 12.0 Å². The highest BCUT2D eigenvalue weighted by atomic mass is 16.4. The van der Waals surface area contributed by atoms with Gasteiger partial charge in [0.1, 0.15) is 0 Å². The third kappa shape index (κ3) is 3.96. The molecule has 1 aliphatic rings. The van der Waals surface area contributed by atoms with Gasteiger partial charge >= 0.3 is 12.0 Å². The van der Waals surface area contributed by atoms with Crippen molar-refractivity contribution in [2.24, 2.45) is 11.8 Å². The number of carboxylic acid groups (broad SMARTS) is 1. The van der Waals surface area contributed by atoms with Gasteiger partial charge in [0.15, 0.2) is 0 Å². The Morgan fingerprint density at radius 1 is 1.41 bits per heavy atom. The number of urea groups is 1. The first-order valence-corrected chi connectivity index (χ1v) is 7.68. The Labute approximate surface area is 130 Å². The van der Waals surface area contributed by atoms with Crippen molar-refractivity contribution in [1.29, 1.82) is 0 Å². The summed E-state index contributed by atoms with van der Waals surface area (Å²) in [5.41, 5.74) is 2.16. The predicted octanol–water partition coefficient (Wildman–Crippen LogP) is 1.90. The Balaban J connectivity index is 1.95. The number of piperidine rings is 1. The minimum absolute atomic E-state index is 0.198. The van der Waals surface area contributed by atoms with Crippen LogP contribution in [0.15, 0.2) is 18.5 Å². The fourth-order valence-corrected chi connectivity index (χ4v) is 2.93. The van der Waals surface area contributed by atoms with Crippen LogP contribution in [0.3, 0.4) is 0 Å². The standard InChI is InChI=1S/C16H23N3O3/c1-3-12-7-17-5-4-13(12)8-18-16(22)19-9-11(2)6-14(10-19)15(20)21/h4-5,7,11,14H,3,6,8-10H2,1-2H3,(H,18,22)(H,20,21). The number of likely N-dealkylation sites (tertiary alicyclic amines) is 1. The number of hydrogen-bond donors (Lipinski definition) is 2. The molecule has 0 aromatic carbocycles. The van der Waals surface area contributed by atoms with Gasteiger partial charge in [0.25, 0.3) is 0 Å². The van der Waals surface area contributed by atoms with E-state index in [1.54, 1.807) is 11.1 Å². The monoisotopic (exact) mass is 305 g/mol. The third-order valence-corrected chi connectivity index (χ3v) is 4.11. The summed E-state index contributed by atoms with van der Waals surface area (Å²) in [5, 5.41) is 12.1. The van der Waals surface area contributed by atoms with Crippen molar-refractivity contribution in [1.82, 2.24) is 15.2 Å². The minimum Gasteiger partial charge on any atom is -0.481 e. The van der Waals surface area contributed by atoms with Crippen LogP contribution < -0.4 is 5.32 Å². The number of hydrogen-bond acceptors (Lipinski definition) is 3. The highest BCUT2D eigenvalue weighted by Gasteiger charge is 2.31. The molecule has 120 valence electrons. The van der Waals surface area contributed by atoms with Gasteiger partial charge in [-0.3, -0.25) is 9.78 Å². The maximum Gasteiger partial charge on any atom is 0.317 e. The van der Waals surface area contributed by atoms with Crippen LogP contribution in [0, 0.1) is 11.8 Å². The van der Waals surface area contributed by atoms with Crippen molar-refractivity contribution in [3.63, 3.8) is 0 Å². The Bertz CT molecular complexity index is 547. The van der Waals surface area contributed by atoms with E-state index in [-0.39, 0.29) is 18.5 Å². The van der Waals surface area contributed by atoms with Gasteiger partial charge in [-0.25, -0.2) is 4.79 Å². The van der Waals surface area contributed by atoms with E-state index in [1.807, 2.05) is 26.1 Å². The van der Waals surface area contributed by atoms with Gasteiger partial charge in [0.05, 0.1) is 5.92 Å². The summed E-state index contributed by atoms with van der Waals surface area (Å²) < 4.78 is 0. The van der Waals surface area contributed by atoms with Crippen molar-refractivity contribution < 1.29 is 14.7 Å². The molecular formula is C16H23N3O3. The maximum absolute atomic E-state index is 12.3. The molecular weight excluding hydrogens is 282 g/mol. The minimum atomic E-state index is -0.827. The number of carbonyl (C=O) groups excluding carboxylic acids is 1. The number of aliphatic carboxylic acids is 1. The molecule has 2 atom stereocenters. The molecule has 1 aromatic rings. The van der Waals surface area contributed by atoms with E-state index in [0.29, 0.717) is 19.5 Å². The number of rotatable bonds is 4. The molecule has 0 saturated carbocycles. The van der Waals surface area contributed by atoms with Crippen LogP contribution in [-0.4, -0.2) is 40.1 Å². The van der Waals surface area contributed by atoms with Gasteiger partial charge in [-0.2, -0.15) is 0 Å². The topological polar surface area (TPSA) is 82.5 Å². The lowest BCUT2D eigenvalue weighted by atomic mass is 9.91. The number of aromatic nitrogens is 1. The largest absolute Gasteiger partial charge is 0.481 e. The smallest absolute Gasteiger partial charge is 0.317 e. The van der Waals surface area contributed by atoms with Crippen molar-refractivity contribution in [2.45, 2.75) is 33.2 Å². The zero-order chi connectivity index (χ0) is 16.1. The van der Waals surface area contributed by atoms with E-state index in [1.165, 1.54) is 0 Å².